The van der Waals surface area contributed by atoms with Gasteiger partial charge in [-0.3, -0.25) is 24.4 Å². The van der Waals surface area contributed by atoms with Gasteiger partial charge in [0, 0.05) is 65.6 Å². The molecule has 11 nitrogen and oxygen atoms in total. The zero-order valence-corrected chi connectivity index (χ0v) is 32.8. The van der Waals surface area contributed by atoms with Gasteiger partial charge < -0.3 is 19.0 Å². The third-order valence-electron chi connectivity index (χ3n) is 10.8. The van der Waals surface area contributed by atoms with Crippen LogP contribution in [0, 0.1) is 5.41 Å². The summed E-state index contributed by atoms with van der Waals surface area (Å²) in [6.45, 7) is 9.63. The molecular weight excluding hydrogens is 712 g/mol. The van der Waals surface area contributed by atoms with Crippen LogP contribution in [0.4, 0.5) is 4.39 Å². The molecule has 2 radical (unpaired) electrons. The van der Waals surface area contributed by atoms with E-state index in [9.17, 15) is 18.8 Å². The van der Waals surface area contributed by atoms with Crippen molar-refractivity contribution < 1.29 is 28.2 Å². The SMILES string of the molecule is CCn1c(-c2cccnc2[C@H](C)OC)c2c3cc(ccc31)-c1csc(n1)C[C@H]([Si]NC(=O)C1(F)CCC1)C(=O)N1CCC[C@H](N1)C(=O)OCC(C)(C)C2. The molecule has 1 saturated carbocycles. The number of hydrogen-bond donors (Lipinski definition) is 2. The Morgan fingerprint density at radius 2 is 2.06 bits per heavy atom. The molecule has 3 atom stereocenters. The first-order valence-electron chi connectivity index (χ1n) is 18.5. The van der Waals surface area contributed by atoms with Crippen molar-refractivity contribution >= 4 is 49.7 Å². The summed E-state index contributed by atoms with van der Waals surface area (Å²) in [5.41, 5.74) is 6.92. The van der Waals surface area contributed by atoms with Gasteiger partial charge in [0.1, 0.15) is 6.04 Å². The van der Waals surface area contributed by atoms with Crippen molar-refractivity contribution in [1.29, 1.82) is 0 Å². The minimum atomic E-state index is -1.87. The molecule has 1 aliphatic carbocycles. The number of nitrogens with zero attached hydrogens (tertiary/aromatic N) is 4. The third-order valence-corrected chi connectivity index (χ3v) is 12.8. The van der Waals surface area contributed by atoms with E-state index in [1.54, 1.807) is 13.3 Å². The van der Waals surface area contributed by atoms with Crippen LogP contribution in [-0.2, 0) is 43.2 Å². The first kappa shape index (κ1) is 37.3. The molecule has 2 amide bonds. The van der Waals surface area contributed by atoms with E-state index in [2.05, 4.69) is 60.0 Å². The predicted molar refractivity (Wildman–Crippen MR) is 203 cm³/mol. The number of thiazole rings is 1. The Morgan fingerprint density at radius 1 is 1.25 bits per heavy atom. The molecule has 5 heterocycles. The normalized spacial score (nSPS) is 22.1. The number of fused-ring (bicyclic) bond motifs is 6. The maximum Gasteiger partial charge on any atom is 0.324 e. The number of ether oxygens (including phenoxy) is 2. The molecule has 6 bridgehead atoms. The second-order valence-electron chi connectivity index (χ2n) is 15.2. The van der Waals surface area contributed by atoms with Gasteiger partial charge in [0.2, 0.25) is 11.8 Å². The van der Waals surface area contributed by atoms with Gasteiger partial charge in [-0.1, -0.05) is 19.9 Å². The number of esters is 1. The van der Waals surface area contributed by atoms with Crippen molar-refractivity contribution in [1.82, 2.24) is 30.0 Å². The zero-order chi connectivity index (χ0) is 37.5. The summed E-state index contributed by atoms with van der Waals surface area (Å²) in [7, 11) is 1.33. The molecule has 1 aromatic carbocycles. The number of aryl methyl sites for hydroxylation is 1. The summed E-state index contributed by atoms with van der Waals surface area (Å²) in [6.07, 6.45) is 4.60. The number of benzene rings is 1. The number of carbonyl (C=O) groups is 3. The number of amides is 2. The number of carbonyl (C=O) groups excluding carboxylic acids is 3. The monoisotopic (exact) mass is 758 g/mol. The summed E-state index contributed by atoms with van der Waals surface area (Å²) in [5.74, 6) is -1.35. The first-order chi connectivity index (χ1) is 25.4. The van der Waals surface area contributed by atoms with Gasteiger partial charge in [-0.2, -0.15) is 0 Å². The third kappa shape index (κ3) is 7.43. The maximum atomic E-state index is 15.0. The zero-order valence-electron chi connectivity index (χ0n) is 31.0. The Hall–Kier alpha value is -3.98. The standard InChI is InChI=1S/C39H47FN6O5SSi/c1-6-45-30-13-12-24-18-26(30)27(34(45)25-10-7-16-41-33(25)23(2)50-5)20-38(3,4)22-51-36(48)28-11-8-17-46(43-28)35(47)31(19-32-42-29(24)21-52-32)53-44-37(49)39(40)14-9-15-39/h7,10,12-13,16,18,21,23,28,31,43H,6,8-9,11,14-15,17,19-20,22H2,1-5H3,(H,44,49)/t23-,28-,31-/m0/s1. The number of methoxy groups -OCH3 is 1. The summed E-state index contributed by atoms with van der Waals surface area (Å²) in [4.78, 5) is 53.0. The van der Waals surface area contributed by atoms with Crippen molar-refractivity contribution in [3.8, 4) is 22.5 Å². The lowest BCUT2D eigenvalue weighted by atomic mass is 9.82. The second kappa shape index (κ2) is 15.0. The van der Waals surface area contributed by atoms with Gasteiger partial charge in [-0.05, 0) is 82.2 Å². The van der Waals surface area contributed by atoms with E-state index in [0.717, 1.165) is 56.2 Å². The van der Waals surface area contributed by atoms with E-state index in [-0.39, 0.29) is 47.6 Å². The van der Waals surface area contributed by atoms with Crippen molar-refractivity contribution in [2.45, 2.75) is 103 Å². The number of pyridine rings is 1. The highest BCUT2D eigenvalue weighted by Gasteiger charge is 2.45. The second-order valence-corrected chi connectivity index (χ2v) is 17.4. The highest BCUT2D eigenvalue weighted by molar-refractivity contribution is 7.10. The molecule has 14 heteroatoms. The Kier molecular flexibility index (Phi) is 10.6. The number of nitrogens with one attached hydrogen (secondary N) is 2. The molecule has 2 aliphatic heterocycles. The Bertz CT molecular complexity index is 2030. The average Bonchev–Trinajstić information content (AvgIpc) is 3.75. The fraction of sp³-hybridized carbons (Fsp3) is 0.513. The molecule has 1 saturated heterocycles. The van der Waals surface area contributed by atoms with Gasteiger partial charge in [0.05, 0.1) is 40.3 Å². The molecule has 2 N–H and O–H groups in total. The van der Waals surface area contributed by atoms with Crippen LogP contribution in [0.2, 0.25) is 5.54 Å². The fourth-order valence-corrected chi connectivity index (χ4v) is 9.65. The Balaban J connectivity index is 1.33. The van der Waals surface area contributed by atoms with E-state index in [1.807, 2.05) is 18.4 Å². The lowest BCUT2D eigenvalue weighted by Crippen LogP contribution is -2.58. The molecule has 280 valence electrons. The minimum Gasteiger partial charge on any atom is -0.464 e. The quantitative estimate of drug-likeness (QED) is 0.170. The summed E-state index contributed by atoms with van der Waals surface area (Å²) in [6, 6.07) is 9.75. The summed E-state index contributed by atoms with van der Waals surface area (Å²) in [5, 5.41) is 5.28. The van der Waals surface area contributed by atoms with Crippen LogP contribution in [-0.4, -0.2) is 79.0 Å². The summed E-state index contributed by atoms with van der Waals surface area (Å²) >= 11 is 1.46. The maximum absolute atomic E-state index is 15.0. The van der Waals surface area contributed by atoms with E-state index >= 15 is 0 Å². The van der Waals surface area contributed by atoms with Crippen LogP contribution in [0.5, 0.6) is 0 Å². The molecule has 2 fully saturated rings. The lowest BCUT2D eigenvalue weighted by Gasteiger charge is -2.36. The number of rotatable bonds is 7. The molecule has 7 rings (SSSR count). The molecule has 3 aromatic heterocycles. The van der Waals surface area contributed by atoms with Crippen molar-refractivity contribution in [2.24, 2.45) is 5.41 Å². The number of aromatic nitrogens is 3. The van der Waals surface area contributed by atoms with Crippen molar-refractivity contribution in [2.75, 3.05) is 20.3 Å². The Morgan fingerprint density at radius 3 is 2.79 bits per heavy atom. The largest absolute Gasteiger partial charge is 0.464 e. The van der Waals surface area contributed by atoms with E-state index in [4.69, 9.17) is 19.4 Å². The highest BCUT2D eigenvalue weighted by atomic mass is 32.1. The number of alkyl halides is 1. The van der Waals surface area contributed by atoms with Crippen LogP contribution < -0.4 is 10.4 Å². The molecule has 3 aliphatic rings. The molecule has 0 spiro atoms. The van der Waals surface area contributed by atoms with Crippen LogP contribution in [0.1, 0.15) is 82.2 Å². The van der Waals surface area contributed by atoms with Gasteiger partial charge in [0.25, 0.3) is 0 Å². The van der Waals surface area contributed by atoms with Gasteiger partial charge >= 0.3 is 5.97 Å². The lowest BCUT2D eigenvalue weighted by molar-refractivity contribution is -0.154. The molecule has 53 heavy (non-hydrogen) atoms. The molecule has 0 unspecified atom stereocenters. The highest BCUT2D eigenvalue weighted by Crippen LogP contribution is 2.42. The van der Waals surface area contributed by atoms with E-state index in [0.29, 0.717) is 32.2 Å². The minimum absolute atomic E-state index is 0.167. The number of halogens is 1. The van der Waals surface area contributed by atoms with Gasteiger partial charge in [0.15, 0.2) is 15.3 Å². The molecule has 4 aromatic rings. The predicted octanol–water partition coefficient (Wildman–Crippen LogP) is 6.13. The number of hydrazine groups is 1. The van der Waals surface area contributed by atoms with Gasteiger partial charge in [-0.25, -0.2) is 14.8 Å². The summed E-state index contributed by atoms with van der Waals surface area (Å²) < 4.78 is 29.1. The number of cyclic esters (lactones) is 1. The smallest absolute Gasteiger partial charge is 0.324 e. The first-order valence-corrected chi connectivity index (χ1v) is 20.4. The average molecular weight is 759 g/mol. The molecular formula is C39H47FN6O5SSi. The Labute approximate surface area is 315 Å². The fourth-order valence-electron chi connectivity index (χ4n) is 7.54. The van der Waals surface area contributed by atoms with Crippen LogP contribution in [0.15, 0.2) is 41.9 Å². The van der Waals surface area contributed by atoms with Gasteiger partial charge in [-0.15, -0.1) is 11.3 Å². The van der Waals surface area contributed by atoms with E-state index in [1.165, 1.54) is 16.3 Å². The van der Waals surface area contributed by atoms with Crippen molar-refractivity contribution in [3.63, 3.8) is 0 Å². The van der Waals surface area contributed by atoms with Crippen LogP contribution >= 0.6 is 11.3 Å². The van der Waals surface area contributed by atoms with E-state index < -0.39 is 34.5 Å². The topological polar surface area (TPSA) is 128 Å². The number of hydrogen-bond acceptors (Lipinski definition) is 9. The van der Waals surface area contributed by atoms with Crippen molar-refractivity contribution in [3.05, 3.63) is 58.2 Å². The van der Waals surface area contributed by atoms with Crippen LogP contribution in [0.3, 0.4) is 0 Å². The van der Waals surface area contributed by atoms with Crippen LogP contribution in [0.25, 0.3) is 33.4 Å².